The van der Waals surface area contributed by atoms with Gasteiger partial charge in [-0.1, -0.05) is 24.4 Å². The maximum absolute atomic E-state index is 11.3. The summed E-state index contributed by atoms with van der Waals surface area (Å²) in [6.45, 7) is 4.78. The van der Waals surface area contributed by atoms with E-state index in [2.05, 4.69) is 10.1 Å². The number of carbonyl (C=O) groups is 1. The fourth-order valence-electron chi connectivity index (χ4n) is 2.90. The molecule has 0 bridgehead atoms. The van der Waals surface area contributed by atoms with Gasteiger partial charge in [0.1, 0.15) is 0 Å². The topological polar surface area (TPSA) is 79.5 Å². The van der Waals surface area contributed by atoms with Crippen LogP contribution in [-0.4, -0.2) is 44.7 Å². The van der Waals surface area contributed by atoms with Gasteiger partial charge in [0.2, 0.25) is 11.8 Å². The molecular formula is C15H25N3O3. The molecule has 2 rings (SSSR count). The molecule has 0 unspecified atom stereocenters. The molecule has 118 valence electrons. The molecule has 1 heterocycles. The highest BCUT2D eigenvalue weighted by molar-refractivity contribution is 5.73. The first-order valence-electron chi connectivity index (χ1n) is 7.82. The third-order valence-corrected chi connectivity index (χ3v) is 4.21. The van der Waals surface area contributed by atoms with Crippen molar-refractivity contribution in [2.75, 3.05) is 13.1 Å². The zero-order chi connectivity index (χ0) is 15.3. The highest BCUT2D eigenvalue weighted by Crippen LogP contribution is 2.30. The summed E-state index contributed by atoms with van der Waals surface area (Å²) in [5, 5.41) is 14.4. The van der Waals surface area contributed by atoms with Crippen LogP contribution >= 0.6 is 0 Å². The lowest BCUT2D eigenvalue weighted by atomic mass is 9.82. The Labute approximate surface area is 125 Å². The Morgan fingerprint density at radius 3 is 2.71 bits per heavy atom. The quantitative estimate of drug-likeness (QED) is 0.864. The predicted octanol–water partition coefficient (Wildman–Crippen LogP) is 1.72. The number of aromatic nitrogens is 2. The van der Waals surface area contributed by atoms with Crippen molar-refractivity contribution >= 4 is 5.91 Å². The number of hydrogen-bond donors (Lipinski definition) is 1. The smallest absolute Gasteiger partial charge is 0.229 e. The monoisotopic (exact) mass is 295 g/mol. The van der Waals surface area contributed by atoms with Crippen molar-refractivity contribution in [2.45, 2.75) is 64.4 Å². The Hall–Kier alpha value is -1.43. The molecule has 0 aliphatic heterocycles. The minimum atomic E-state index is -0.684. The summed E-state index contributed by atoms with van der Waals surface area (Å²) in [5.41, 5.74) is -0.684. The highest BCUT2D eigenvalue weighted by Gasteiger charge is 2.31. The summed E-state index contributed by atoms with van der Waals surface area (Å²) in [5.74, 6) is 1.15. The van der Waals surface area contributed by atoms with Gasteiger partial charge in [0.05, 0.1) is 12.0 Å². The van der Waals surface area contributed by atoms with Gasteiger partial charge in [0.15, 0.2) is 5.82 Å². The standard InChI is InChI=1S/C15H25N3O3/c1-3-18(12(2)19)10-7-13-16-14(21-17-13)11-15(20)8-5-4-6-9-15/h20H,3-11H2,1-2H3. The van der Waals surface area contributed by atoms with Crippen LogP contribution in [0, 0.1) is 0 Å². The van der Waals surface area contributed by atoms with Crippen molar-refractivity contribution in [3.05, 3.63) is 11.7 Å². The molecule has 1 N–H and O–H groups in total. The molecule has 1 aliphatic carbocycles. The van der Waals surface area contributed by atoms with Crippen molar-refractivity contribution in [3.63, 3.8) is 0 Å². The lowest BCUT2D eigenvalue weighted by molar-refractivity contribution is -0.128. The number of nitrogens with zero attached hydrogens (tertiary/aromatic N) is 3. The van der Waals surface area contributed by atoms with E-state index in [0.717, 1.165) is 25.7 Å². The Bertz CT molecular complexity index is 466. The fraction of sp³-hybridized carbons (Fsp3) is 0.800. The van der Waals surface area contributed by atoms with Gasteiger partial charge in [-0.15, -0.1) is 0 Å². The Morgan fingerprint density at radius 2 is 2.10 bits per heavy atom. The molecule has 0 saturated heterocycles. The molecular weight excluding hydrogens is 270 g/mol. The van der Waals surface area contributed by atoms with Crippen molar-refractivity contribution in [3.8, 4) is 0 Å². The summed E-state index contributed by atoms with van der Waals surface area (Å²) < 4.78 is 5.23. The largest absolute Gasteiger partial charge is 0.389 e. The van der Waals surface area contributed by atoms with E-state index in [9.17, 15) is 9.90 Å². The summed E-state index contributed by atoms with van der Waals surface area (Å²) in [6, 6.07) is 0. The lowest BCUT2D eigenvalue weighted by Crippen LogP contribution is -2.33. The zero-order valence-electron chi connectivity index (χ0n) is 13.0. The molecule has 21 heavy (non-hydrogen) atoms. The second-order valence-corrected chi connectivity index (χ2v) is 5.91. The second-order valence-electron chi connectivity index (χ2n) is 5.91. The van der Waals surface area contributed by atoms with Crippen molar-refractivity contribution in [2.24, 2.45) is 0 Å². The molecule has 1 aromatic heterocycles. The Morgan fingerprint density at radius 1 is 1.38 bits per heavy atom. The van der Waals surface area contributed by atoms with Crippen LogP contribution in [0.1, 0.15) is 57.7 Å². The first-order valence-corrected chi connectivity index (χ1v) is 7.82. The molecule has 1 saturated carbocycles. The van der Waals surface area contributed by atoms with Gasteiger partial charge < -0.3 is 14.5 Å². The van der Waals surface area contributed by atoms with Crippen molar-refractivity contribution < 1.29 is 14.4 Å². The molecule has 0 radical (unpaired) electrons. The maximum atomic E-state index is 11.3. The highest BCUT2D eigenvalue weighted by atomic mass is 16.5. The normalized spacial score (nSPS) is 17.7. The Kier molecular flexibility index (Phi) is 5.33. The molecule has 1 aliphatic rings. The molecule has 1 amide bonds. The summed E-state index contributed by atoms with van der Waals surface area (Å²) in [4.78, 5) is 17.4. The molecule has 6 heteroatoms. The van der Waals surface area contributed by atoms with Crippen molar-refractivity contribution in [1.82, 2.24) is 15.0 Å². The van der Waals surface area contributed by atoms with Crippen LogP contribution in [0.15, 0.2) is 4.52 Å². The van der Waals surface area contributed by atoms with E-state index >= 15 is 0 Å². The molecule has 0 aromatic carbocycles. The van der Waals surface area contributed by atoms with Crippen LogP contribution in [-0.2, 0) is 17.6 Å². The van der Waals surface area contributed by atoms with Gasteiger partial charge in [0, 0.05) is 26.4 Å². The number of hydrogen-bond acceptors (Lipinski definition) is 5. The number of aliphatic hydroxyl groups is 1. The van der Waals surface area contributed by atoms with E-state index in [4.69, 9.17) is 4.52 Å². The molecule has 0 spiro atoms. The average Bonchev–Trinajstić information content (AvgIpc) is 2.86. The molecule has 1 aromatic rings. The molecule has 0 atom stereocenters. The van der Waals surface area contributed by atoms with Gasteiger partial charge in [-0.25, -0.2) is 0 Å². The van der Waals surface area contributed by atoms with E-state index in [1.54, 1.807) is 11.8 Å². The van der Waals surface area contributed by atoms with E-state index in [-0.39, 0.29) is 5.91 Å². The summed E-state index contributed by atoms with van der Waals surface area (Å²) in [7, 11) is 0. The van der Waals surface area contributed by atoms with Crippen LogP contribution in [0.25, 0.3) is 0 Å². The van der Waals surface area contributed by atoms with Crippen LogP contribution in [0.2, 0.25) is 0 Å². The van der Waals surface area contributed by atoms with Gasteiger partial charge in [-0.05, 0) is 19.8 Å². The van der Waals surface area contributed by atoms with Gasteiger partial charge in [-0.2, -0.15) is 4.98 Å². The SMILES string of the molecule is CCN(CCc1noc(CC2(O)CCCCC2)n1)C(C)=O. The number of rotatable bonds is 6. The predicted molar refractivity (Wildman–Crippen MR) is 77.7 cm³/mol. The van der Waals surface area contributed by atoms with E-state index in [0.29, 0.717) is 37.6 Å². The summed E-state index contributed by atoms with van der Waals surface area (Å²) >= 11 is 0. The molecule has 1 fully saturated rings. The number of carbonyl (C=O) groups excluding carboxylic acids is 1. The van der Waals surface area contributed by atoms with Gasteiger partial charge >= 0.3 is 0 Å². The lowest BCUT2D eigenvalue weighted by Gasteiger charge is -2.30. The first kappa shape index (κ1) is 15.9. The first-order chi connectivity index (χ1) is 10.0. The fourth-order valence-corrected chi connectivity index (χ4v) is 2.90. The van der Waals surface area contributed by atoms with Gasteiger partial charge in [-0.3, -0.25) is 4.79 Å². The third kappa shape index (κ3) is 4.52. The van der Waals surface area contributed by atoms with Crippen LogP contribution in [0.3, 0.4) is 0 Å². The minimum absolute atomic E-state index is 0.0535. The van der Waals surface area contributed by atoms with E-state index in [1.165, 1.54) is 6.42 Å². The second kappa shape index (κ2) is 7.02. The molecule has 6 nitrogen and oxygen atoms in total. The summed E-state index contributed by atoms with van der Waals surface area (Å²) in [6.07, 6.45) is 5.93. The Balaban J connectivity index is 1.87. The maximum Gasteiger partial charge on any atom is 0.229 e. The van der Waals surface area contributed by atoms with E-state index in [1.807, 2.05) is 6.92 Å². The average molecular weight is 295 g/mol. The van der Waals surface area contributed by atoms with Gasteiger partial charge in [0.25, 0.3) is 0 Å². The minimum Gasteiger partial charge on any atom is -0.389 e. The van der Waals surface area contributed by atoms with Crippen LogP contribution < -0.4 is 0 Å². The van der Waals surface area contributed by atoms with Crippen molar-refractivity contribution in [1.29, 1.82) is 0 Å². The van der Waals surface area contributed by atoms with Crippen LogP contribution in [0.4, 0.5) is 0 Å². The number of amides is 1. The van der Waals surface area contributed by atoms with Crippen LogP contribution in [0.5, 0.6) is 0 Å². The zero-order valence-corrected chi connectivity index (χ0v) is 13.0. The van der Waals surface area contributed by atoms with E-state index < -0.39 is 5.60 Å². The number of likely N-dealkylation sites (N-methyl/N-ethyl adjacent to an activating group) is 1. The third-order valence-electron chi connectivity index (χ3n) is 4.21.